The van der Waals surface area contributed by atoms with Crippen molar-refractivity contribution in [2.24, 2.45) is 0 Å². The summed E-state index contributed by atoms with van der Waals surface area (Å²) < 4.78 is 18.9. The van der Waals surface area contributed by atoms with E-state index < -0.39 is 0 Å². The van der Waals surface area contributed by atoms with Gasteiger partial charge in [-0.1, -0.05) is 17.9 Å². The molecule has 0 radical (unpaired) electrons. The van der Waals surface area contributed by atoms with Gasteiger partial charge in [0.15, 0.2) is 0 Å². The third-order valence-electron chi connectivity index (χ3n) is 3.16. The Balaban J connectivity index is 2.09. The van der Waals surface area contributed by atoms with Crippen LogP contribution in [-0.4, -0.2) is 5.88 Å². The molecule has 0 aliphatic heterocycles. The minimum atomic E-state index is -0.227. The van der Waals surface area contributed by atoms with Crippen LogP contribution < -0.4 is 4.74 Å². The summed E-state index contributed by atoms with van der Waals surface area (Å²) in [5, 5.41) is 0. The quantitative estimate of drug-likeness (QED) is 0.594. The van der Waals surface area contributed by atoms with E-state index in [1.54, 1.807) is 6.07 Å². The van der Waals surface area contributed by atoms with E-state index in [0.29, 0.717) is 12.5 Å². The van der Waals surface area contributed by atoms with Gasteiger partial charge in [0.2, 0.25) is 0 Å². The molecule has 0 aliphatic rings. The molecule has 0 aliphatic carbocycles. The molecule has 0 amide bonds. The van der Waals surface area contributed by atoms with Gasteiger partial charge in [0.25, 0.3) is 0 Å². The van der Waals surface area contributed by atoms with Gasteiger partial charge in [0, 0.05) is 5.56 Å². The van der Waals surface area contributed by atoms with Crippen LogP contribution in [0.15, 0.2) is 36.4 Å². The maximum Gasteiger partial charge on any atom is 0.123 e. The first-order valence-corrected chi connectivity index (χ1v) is 7.17. The second-order valence-electron chi connectivity index (χ2n) is 4.78. The zero-order valence-electron chi connectivity index (χ0n) is 12.0. The summed E-state index contributed by atoms with van der Waals surface area (Å²) in [5.41, 5.74) is 3.79. The molecule has 0 aromatic heterocycles. The molecular weight excluding hydrogens is 287 g/mol. The van der Waals surface area contributed by atoms with E-state index in [1.165, 1.54) is 12.1 Å². The second-order valence-corrected chi connectivity index (χ2v) is 5.04. The Morgan fingerprint density at radius 1 is 1.10 bits per heavy atom. The molecule has 1 nitrogen and oxygen atoms in total. The molecule has 0 N–H and O–H groups in total. The first-order valence-electron chi connectivity index (χ1n) is 6.63. The summed E-state index contributed by atoms with van der Waals surface area (Å²) >= 11 is 5.54. The summed E-state index contributed by atoms with van der Waals surface area (Å²) in [7, 11) is 0. The number of ether oxygens (including phenoxy) is 1. The average Bonchev–Trinajstić information content (AvgIpc) is 2.45. The highest BCUT2D eigenvalue weighted by atomic mass is 35.5. The average molecular weight is 303 g/mol. The van der Waals surface area contributed by atoms with E-state index in [4.69, 9.17) is 16.3 Å². The predicted octanol–water partition coefficient (Wildman–Crippen LogP) is 4.61. The molecule has 2 aromatic carbocycles. The first-order chi connectivity index (χ1) is 10.1. The fraction of sp³-hybridized carbons (Fsp3) is 0.222. The topological polar surface area (TPSA) is 9.23 Å². The Hall–Kier alpha value is -1.98. The number of hydrogen-bond donors (Lipinski definition) is 0. The lowest BCUT2D eigenvalue weighted by molar-refractivity contribution is 0.303. The SMILES string of the molecule is Cc1cc(F)ccc1COc1ccc(C#CCCl)cc1C. The van der Waals surface area contributed by atoms with Crippen LogP contribution in [0.2, 0.25) is 0 Å². The van der Waals surface area contributed by atoms with Crippen LogP contribution in [0.1, 0.15) is 22.3 Å². The molecule has 2 rings (SSSR count). The molecular formula is C18H16ClFO. The van der Waals surface area contributed by atoms with Crippen molar-refractivity contribution in [1.29, 1.82) is 0 Å². The van der Waals surface area contributed by atoms with E-state index in [1.807, 2.05) is 32.0 Å². The molecule has 0 spiro atoms. The lowest BCUT2D eigenvalue weighted by Gasteiger charge is -2.11. The molecule has 0 unspecified atom stereocenters. The van der Waals surface area contributed by atoms with Gasteiger partial charge in [0.1, 0.15) is 18.2 Å². The normalized spacial score (nSPS) is 9.90. The van der Waals surface area contributed by atoms with E-state index in [2.05, 4.69) is 11.8 Å². The molecule has 0 heterocycles. The number of hydrogen-bond acceptors (Lipinski definition) is 1. The summed E-state index contributed by atoms with van der Waals surface area (Å²) in [4.78, 5) is 0. The molecule has 21 heavy (non-hydrogen) atoms. The van der Waals surface area contributed by atoms with Gasteiger partial charge in [-0.15, -0.1) is 11.6 Å². The van der Waals surface area contributed by atoms with Gasteiger partial charge in [-0.3, -0.25) is 0 Å². The second kappa shape index (κ2) is 7.15. The summed E-state index contributed by atoms with van der Waals surface area (Å²) in [6.07, 6.45) is 0. The molecule has 0 saturated carbocycles. The van der Waals surface area contributed by atoms with Crippen LogP contribution >= 0.6 is 11.6 Å². The maximum atomic E-state index is 13.1. The van der Waals surface area contributed by atoms with Crippen molar-refractivity contribution in [2.75, 3.05) is 5.88 Å². The minimum absolute atomic E-state index is 0.227. The van der Waals surface area contributed by atoms with Crippen LogP contribution in [0.3, 0.4) is 0 Å². The van der Waals surface area contributed by atoms with Crippen molar-refractivity contribution < 1.29 is 9.13 Å². The molecule has 2 aromatic rings. The molecule has 3 heteroatoms. The Bertz CT molecular complexity index is 698. The molecule has 0 bridgehead atoms. The summed E-state index contributed by atoms with van der Waals surface area (Å²) in [6.45, 7) is 4.26. The molecule has 108 valence electrons. The van der Waals surface area contributed by atoms with E-state index >= 15 is 0 Å². The largest absolute Gasteiger partial charge is 0.489 e. The lowest BCUT2D eigenvalue weighted by atomic mass is 10.1. The van der Waals surface area contributed by atoms with Crippen LogP contribution in [0.4, 0.5) is 4.39 Å². The number of benzene rings is 2. The monoisotopic (exact) mass is 302 g/mol. The lowest BCUT2D eigenvalue weighted by Crippen LogP contribution is -1.99. The highest BCUT2D eigenvalue weighted by Crippen LogP contribution is 2.21. The van der Waals surface area contributed by atoms with Gasteiger partial charge in [-0.05, 0) is 60.9 Å². The molecule has 0 atom stereocenters. The van der Waals surface area contributed by atoms with Gasteiger partial charge >= 0.3 is 0 Å². The standard InChI is InChI=1S/C18H16ClFO/c1-13-11-17(20)7-6-16(13)12-21-18-8-5-15(4-3-9-19)10-14(18)2/h5-8,10-11H,9,12H2,1-2H3. The number of halogens is 2. The smallest absolute Gasteiger partial charge is 0.123 e. The number of alkyl halides is 1. The fourth-order valence-corrected chi connectivity index (χ4v) is 2.07. The zero-order chi connectivity index (χ0) is 15.2. The number of aryl methyl sites for hydroxylation is 2. The summed E-state index contributed by atoms with van der Waals surface area (Å²) in [6, 6.07) is 10.5. The Labute approximate surface area is 129 Å². The van der Waals surface area contributed by atoms with Crippen molar-refractivity contribution >= 4 is 11.6 Å². The van der Waals surface area contributed by atoms with E-state index in [-0.39, 0.29) is 5.82 Å². The summed E-state index contributed by atoms with van der Waals surface area (Å²) in [5.74, 6) is 6.69. The first kappa shape index (κ1) is 15.4. The van der Waals surface area contributed by atoms with Gasteiger partial charge in [0.05, 0.1) is 5.88 Å². The maximum absolute atomic E-state index is 13.1. The minimum Gasteiger partial charge on any atom is -0.489 e. The third-order valence-corrected chi connectivity index (χ3v) is 3.30. The molecule has 0 fully saturated rings. The number of rotatable bonds is 3. The molecule has 0 saturated heterocycles. The highest BCUT2D eigenvalue weighted by Gasteiger charge is 2.04. The van der Waals surface area contributed by atoms with Gasteiger partial charge in [-0.2, -0.15) is 0 Å². The van der Waals surface area contributed by atoms with Crippen LogP contribution in [0.25, 0.3) is 0 Å². The van der Waals surface area contributed by atoms with Crippen molar-refractivity contribution in [3.63, 3.8) is 0 Å². The Morgan fingerprint density at radius 3 is 2.57 bits per heavy atom. The van der Waals surface area contributed by atoms with Crippen molar-refractivity contribution in [3.05, 3.63) is 64.5 Å². The van der Waals surface area contributed by atoms with E-state index in [9.17, 15) is 4.39 Å². The zero-order valence-corrected chi connectivity index (χ0v) is 12.8. The van der Waals surface area contributed by atoms with Crippen molar-refractivity contribution in [1.82, 2.24) is 0 Å². The van der Waals surface area contributed by atoms with Crippen molar-refractivity contribution in [3.8, 4) is 17.6 Å². The van der Waals surface area contributed by atoms with Crippen LogP contribution in [-0.2, 0) is 6.61 Å². The van der Waals surface area contributed by atoms with Gasteiger partial charge < -0.3 is 4.74 Å². The third kappa shape index (κ3) is 4.24. The van der Waals surface area contributed by atoms with E-state index in [0.717, 1.165) is 28.0 Å². The Morgan fingerprint density at radius 2 is 1.90 bits per heavy atom. The predicted molar refractivity (Wildman–Crippen MR) is 84.2 cm³/mol. The van der Waals surface area contributed by atoms with Gasteiger partial charge in [-0.25, -0.2) is 4.39 Å². The van der Waals surface area contributed by atoms with Crippen LogP contribution in [0, 0.1) is 31.5 Å². The van der Waals surface area contributed by atoms with Crippen molar-refractivity contribution in [2.45, 2.75) is 20.5 Å². The van der Waals surface area contributed by atoms with Crippen LogP contribution in [0.5, 0.6) is 5.75 Å². The Kier molecular flexibility index (Phi) is 5.25. The highest BCUT2D eigenvalue weighted by molar-refractivity contribution is 6.19. The fourth-order valence-electron chi connectivity index (χ4n) is 2.00.